The Balaban J connectivity index is 1.99. The maximum atomic E-state index is 13.0. The van der Waals surface area contributed by atoms with Crippen molar-refractivity contribution in [3.63, 3.8) is 0 Å². The molecule has 1 aromatic heterocycles. The molecule has 168 valence electrons. The highest BCUT2D eigenvalue weighted by molar-refractivity contribution is 6.31. The van der Waals surface area contributed by atoms with Gasteiger partial charge in [-0.1, -0.05) is 41.4 Å². The summed E-state index contributed by atoms with van der Waals surface area (Å²) in [5.41, 5.74) is 6.92. The van der Waals surface area contributed by atoms with E-state index in [9.17, 15) is 9.90 Å². The number of benzene rings is 2. The normalized spacial score (nSPS) is 13.5. The summed E-state index contributed by atoms with van der Waals surface area (Å²) in [6.45, 7) is 1.73. The maximum Gasteiger partial charge on any atom is 0.164 e. The Hall–Kier alpha value is -3.32. The molecule has 2 N–H and O–H groups in total. The Morgan fingerprint density at radius 1 is 1.03 bits per heavy atom. The summed E-state index contributed by atoms with van der Waals surface area (Å²) < 4.78 is 0. The average molecular weight is 481 g/mol. The van der Waals surface area contributed by atoms with E-state index in [0.717, 1.165) is 11.4 Å². The molecule has 0 atom stereocenters. The summed E-state index contributed by atoms with van der Waals surface area (Å²) in [5, 5.41) is 12.5. The van der Waals surface area contributed by atoms with Gasteiger partial charge in [0.05, 0.1) is 35.8 Å². The topological polar surface area (TPSA) is 68.7 Å². The lowest BCUT2D eigenvalue weighted by Crippen LogP contribution is -2.41. The van der Waals surface area contributed by atoms with E-state index < -0.39 is 0 Å². The van der Waals surface area contributed by atoms with Crippen LogP contribution in [-0.2, 0) is 4.79 Å². The van der Waals surface area contributed by atoms with E-state index in [1.54, 1.807) is 29.5 Å². The predicted octanol–water partition coefficient (Wildman–Crippen LogP) is 5.18. The van der Waals surface area contributed by atoms with E-state index in [0.29, 0.717) is 39.3 Å². The molecule has 0 amide bonds. The van der Waals surface area contributed by atoms with E-state index in [4.69, 9.17) is 23.2 Å². The molecule has 0 spiro atoms. The van der Waals surface area contributed by atoms with Crippen molar-refractivity contribution in [3.8, 4) is 0 Å². The fourth-order valence-electron chi connectivity index (χ4n) is 3.68. The van der Waals surface area contributed by atoms with Gasteiger partial charge >= 0.3 is 0 Å². The molecule has 0 aliphatic carbocycles. The highest BCUT2D eigenvalue weighted by Gasteiger charge is 2.30. The lowest BCUT2D eigenvalue weighted by Gasteiger charge is -2.36. The number of halogens is 2. The highest BCUT2D eigenvalue weighted by Crippen LogP contribution is 2.38. The second kappa shape index (κ2) is 10.1. The Kier molecular flexibility index (Phi) is 6.99. The van der Waals surface area contributed by atoms with Crippen LogP contribution in [0.5, 0.6) is 0 Å². The van der Waals surface area contributed by atoms with Gasteiger partial charge in [-0.3, -0.25) is 20.2 Å². The van der Waals surface area contributed by atoms with E-state index in [1.165, 1.54) is 6.92 Å². The molecule has 0 radical (unpaired) electrons. The van der Waals surface area contributed by atoms with Crippen LogP contribution in [0.25, 0.3) is 5.70 Å². The van der Waals surface area contributed by atoms with Gasteiger partial charge in [0.1, 0.15) is 0 Å². The first-order chi connectivity index (χ1) is 16.0. The molecule has 3 aromatic rings. The van der Waals surface area contributed by atoms with Gasteiger partial charge in [-0.2, -0.15) is 0 Å². The van der Waals surface area contributed by atoms with Crippen LogP contribution in [0.3, 0.4) is 0 Å². The lowest BCUT2D eigenvalue weighted by atomic mass is 10.00. The molecule has 1 aliphatic heterocycles. The number of nitrogens with zero attached hydrogens (tertiary/aromatic N) is 3. The molecule has 6 nitrogen and oxygen atoms in total. The van der Waals surface area contributed by atoms with Crippen molar-refractivity contribution < 1.29 is 9.90 Å². The largest absolute Gasteiger partial charge is 0.394 e. The number of aliphatic hydroxyl groups is 1. The number of β-amino-alcohol motifs (C(OH)–C–C–N with tert-alkyl or cyclic N) is 1. The third-order valence-electron chi connectivity index (χ3n) is 5.03. The second-order valence-corrected chi connectivity index (χ2v) is 8.23. The van der Waals surface area contributed by atoms with Crippen molar-refractivity contribution in [2.75, 3.05) is 18.1 Å². The number of allylic oxidation sites excluding steroid dienone is 1. The van der Waals surface area contributed by atoms with Crippen LogP contribution in [-0.4, -0.2) is 34.0 Å². The smallest absolute Gasteiger partial charge is 0.164 e. The zero-order chi connectivity index (χ0) is 23.4. The molecule has 0 saturated heterocycles. The molecular weight excluding hydrogens is 459 g/mol. The molecule has 8 heteroatoms. The number of anilines is 2. The van der Waals surface area contributed by atoms with Crippen LogP contribution in [0.15, 0.2) is 90.4 Å². The number of hydrogen-bond acceptors (Lipinski definition) is 6. The summed E-state index contributed by atoms with van der Waals surface area (Å²) in [6.07, 6.45) is 3.46. The fraction of sp³-hybridized carbons (Fsp3) is 0.120. The van der Waals surface area contributed by atoms with Crippen LogP contribution >= 0.6 is 23.2 Å². The van der Waals surface area contributed by atoms with Crippen molar-refractivity contribution in [1.82, 2.24) is 15.4 Å². The van der Waals surface area contributed by atoms with Crippen molar-refractivity contribution >= 4 is 46.1 Å². The molecule has 2 heterocycles. The van der Waals surface area contributed by atoms with Gasteiger partial charge in [0.15, 0.2) is 5.78 Å². The predicted molar refractivity (Wildman–Crippen MR) is 132 cm³/mol. The number of pyridine rings is 1. The number of hydrogen-bond donors (Lipinski definition) is 2. The summed E-state index contributed by atoms with van der Waals surface area (Å²) in [4.78, 5) is 19.4. The van der Waals surface area contributed by atoms with Crippen molar-refractivity contribution in [3.05, 3.63) is 106 Å². The SMILES string of the molecule is CC(=O)C1=C(c2ccccn2)NN(CCO)C=C1N(c1cccc(Cl)c1)c1cccc(Cl)c1. The average Bonchev–Trinajstić information content (AvgIpc) is 2.80. The van der Waals surface area contributed by atoms with Gasteiger partial charge < -0.3 is 10.0 Å². The number of ketones is 1. The van der Waals surface area contributed by atoms with E-state index >= 15 is 0 Å². The monoisotopic (exact) mass is 480 g/mol. The molecule has 2 aromatic carbocycles. The minimum absolute atomic E-state index is 0.0873. The molecule has 0 fully saturated rings. The maximum absolute atomic E-state index is 13.0. The molecule has 0 saturated carbocycles. The fourth-order valence-corrected chi connectivity index (χ4v) is 4.05. The number of carbonyl (C=O) groups is 1. The lowest BCUT2D eigenvalue weighted by molar-refractivity contribution is -0.113. The molecule has 1 aliphatic rings. The first-order valence-corrected chi connectivity index (χ1v) is 11.1. The summed E-state index contributed by atoms with van der Waals surface area (Å²) in [5.74, 6) is -0.146. The Bertz CT molecular complexity index is 1180. The second-order valence-electron chi connectivity index (χ2n) is 7.36. The van der Waals surface area contributed by atoms with Gasteiger partial charge in [0.25, 0.3) is 0 Å². The third kappa shape index (κ3) is 5.03. The molecular formula is C25H22Cl2N4O2. The van der Waals surface area contributed by atoms with Gasteiger partial charge in [0.2, 0.25) is 0 Å². The number of aliphatic hydroxyl groups excluding tert-OH is 1. The van der Waals surface area contributed by atoms with Gasteiger partial charge in [-0.15, -0.1) is 0 Å². The number of aromatic nitrogens is 1. The zero-order valence-electron chi connectivity index (χ0n) is 17.9. The van der Waals surface area contributed by atoms with Gasteiger partial charge in [-0.25, -0.2) is 0 Å². The summed E-state index contributed by atoms with van der Waals surface area (Å²) >= 11 is 12.7. The quantitative estimate of drug-likeness (QED) is 0.485. The van der Waals surface area contributed by atoms with Gasteiger partial charge in [0, 0.05) is 33.8 Å². The molecule has 0 bridgehead atoms. The third-order valence-corrected chi connectivity index (χ3v) is 5.50. The van der Waals surface area contributed by atoms with Gasteiger partial charge in [-0.05, 0) is 55.5 Å². The van der Waals surface area contributed by atoms with Crippen molar-refractivity contribution in [1.29, 1.82) is 0 Å². The minimum Gasteiger partial charge on any atom is -0.394 e. The first-order valence-electron chi connectivity index (χ1n) is 10.3. The van der Waals surface area contributed by atoms with Crippen LogP contribution in [0, 0.1) is 0 Å². The molecule has 4 rings (SSSR count). The summed E-state index contributed by atoms with van der Waals surface area (Å²) in [6, 6.07) is 20.2. The zero-order valence-corrected chi connectivity index (χ0v) is 19.4. The van der Waals surface area contributed by atoms with Crippen molar-refractivity contribution in [2.45, 2.75) is 6.92 Å². The first kappa shape index (κ1) is 22.9. The number of Topliss-reactive ketones (excluding diaryl/α,β-unsaturated/α-hetero) is 1. The summed E-state index contributed by atoms with van der Waals surface area (Å²) in [7, 11) is 0. The van der Waals surface area contributed by atoms with Crippen molar-refractivity contribution in [2.24, 2.45) is 0 Å². The van der Waals surface area contributed by atoms with Crippen LogP contribution in [0.1, 0.15) is 12.6 Å². The Morgan fingerprint density at radius 3 is 2.21 bits per heavy atom. The van der Waals surface area contributed by atoms with Crippen LogP contribution in [0.4, 0.5) is 11.4 Å². The Labute approximate surface area is 202 Å². The van der Waals surface area contributed by atoms with Crippen LogP contribution in [0.2, 0.25) is 10.0 Å². The van der Waals surface area contributed by atoms with E-state index in [1.807, 2.05) is 59.5 Å². The standard InChI is InChI=1S/C25H22Cl2N4O2/c1-17(33)24-23(16-30(12-13-32)29-25(24)22-10-2-3-11-28-22)31(20-8-4-6-18(26)14-20)21-9-5-7-19(27)15-21/h2-11,14-16,29,32H,12-13H2,1H3. The highest BCUT2D eigenvalue weighted by atomic mass is 35.5. The van der Waals surface area contributed by atoms with E-state index in [2.05, 4.69) is 10.4 Å². The Morgan fingerprint density at radius 2 is 1.70 bits per heavy atom. The molecule has 33 heavy (non-hydrogen) atoms. The molecule has 0 unspecified atom stereocenters. The number of rotatable bonds is 7. The number of carbonyl (C=O) groups excluding carboxylic acids is 1. The van der Waals surface area contributed by atoms with Crippen LogP contribution < -0.4 is 10.3 Å². The number of nitrogens with one attached hydrogen (secondary N) is 1. The van der Waals surface area contributed by atoms with E-state index in [-0.39, 0.29) is 12.4 Å². The minimum atomic E-state index is -0.146. The number of hydrazine groups is 1.